The van der Waals surface area contributed by atoms with Gasteiger partial charge in [0.15, 0.2) is 0 Å². The molecule has 1 N–H and O–H groups in total. The molecule has 44 heavy (non-hydrogen) atoms. The fraction of sp³-hybridized carbons (Fsp3) is 0.257. The Morgan fingerprint density at radius 2 is 1.80 bits per heavy atom. The molecule has 0 aliphatic rings. The second-order valence-corrected chi connectivity index (χ2v) is 11.4. The molecule has 0 bridgehead atoms. The summed E-state index contributed by atoms with van der Waals surface area (Å²) in [5.41, 5.74) is 5.11. The lowest BCUT2D eigenvalue weighted by Crippen LogP contribution is -2.30. The highest BCUT2D eigenvalue weighted by Crippen LogP contribution is 2.27. The Hall–Kier alpha value is -5.05. The smallest absolute Gasteiger partial charge is 0.277 e. The molecule has 8 nitrogen and oxygen atoms in total. The first kappa shape index (κ1) is 30.4. The summed E-state index contributed by atoms with van der Waals surface area (Å²) in [7, 11) is 3.37. The Balaban J connectivity index is 1.64. The highest BCUT2D eigenvalue weighted by molar-refractivity contribution is 5.95. The van der Waals surface area contributed by atoms with Gasteiger partial charge >= 0.3 is 0 Å². The second-order valence-electron chi connectivity index (χ2n) is 11.4. The number of halogens is 1. The van der Waals surface area contributed by atoms with Crippen LogP contribution in [-0.4, -0.2) is 44.9 Å². The molecule has 2 aromatic heterocycles. The van der Waals surface area contributed by atoms with Gasteiger partial charge in [0.2, 0.25) is 5.91 Å². The first-order valence-corrected chi connectivity index (χ1v) is 14.6. The third-order valence-corrected chi connectivity index (χ3v) is 7.99. The summed E-state index contributed by atoms with van der Waals surface area (Å²) in [5, 5.41) is 3.58. The summed E-state index contributed by atoms with van der Waals surface area (Å²) in [6, 6.07) is 17.8. The van der Waals surface area contributed by atoms with Gasteiger partial charge in [0.05, 0.1) is 18.3 Å². The molecule has 9 heteroatoms. The Bertz CT molecular complexity index is 1960. The van der Waals surface area contributed by atoms with E-state index in [0.29, 0.717) is 23.4 Å². The van der Waals surface area contributed by atoms with Crippen molar-refractivity contribution in [2.45, 2.75) is 40.7 Å². The molecule has 226 valence electrons. The van der Waals surface area contributed by atoms with Crippen molar-refractivity contribution in [3.05, 3.63) is 111 Å². The monoisotopic (exact) mass is 593 g/mol. The van der Waals surface area contributed by atoms with Gasteiger partial charge in [-0.1, -0.05) is 32.0 Å². The number of hydrogen-bond acceptors (Lipinski definition) is 4. The molecule has 5 rings (SSSR count). The maximum absolute atomic E-state index is 14.0. The number of fused-ring (bicyclic) bond motifs is 1. The van der Waals surface area contributed by atoms with Crippen molar-refractivity contribution < 1.29 is 14.0 Å². The van der Waals surface area contributed by atoms with Crippen LogP contribution in [0.2, 0.25) is 0 Å². The number of aromatic nitrogens is 3. The molecular weight excluding hydrogens is 557 g/mol. The normalized spacial score (nSPS) is 11.9. The molecule has 1 atom stereocenters. The van der Waals surface area contributed by atoms with Crippen LogP contribution in [0.15, 0.2) is 77.9 Å². The van der Waals surface area contributed by atoms with Crippen molar-refractivity contribution in [2.24, 2.45) is 5.92 Å². The van der Waals surface area contributed by atoms with E-state index in [1.165, 1.54) is 27.8 Å². The average molecular weight is 594 g/mol. The van der Waals surface area contributed by atoms with Crippen LogP contribution in [0.5, 0.6) is 0 Å². The number of anilines is 1. The van der Waals surface area contributed by atoms with E-state index >= 15 is 0 Å². The molecule has 0 aliphatic carbocycles. The third kappa shape index (κ3) is 5.90. The van der Waals surface area contributed by atoms with E-state index in [2.05, 4.69) is 10.3 Å². The number of carbonyl (C=O) groups is 2. The molecule has 0 aliphatic heterocycles. The third-order valence-electron chi connectivity index (χ3n) is 7.99. The molecule has 2 amide bonds. The van der Waals surface area contributed by atoms with E-state index in [4.69, 9.17) is 0 Å². The second kappa shape index (κ2) is 12.3. The van der Waals surface area contributed by atoms with Gasteiger partial charge in [-0.3, -0.25) is 19.0 Å². The summed E-state index contributed by atoms with van der Waals surface area (Å²) in [4.78, 5) is 45.7. The van der Waals surface area contributed by atoms with Gasteiger partial charge in [0.25, 0.3) is 11.5 Å². The van der Waals surface area contributed by atoms with Crippen molar-refractivity contribution in [3.8, 4) is 17.1 Å². The van der Waals surface area contributed by atoms with Crippen molar-refractivity contribution in [1.82, 2.24) is 19.0 Å². The average Bonchev–Trinajstić information content (AvgIpc) is 3.34. The largest absolute Gasteiger partial charge is 0.345 e. The molecule has 5 aromatic rings. The molecule has 3 aromatic carbocycles. The number of rotatable bonds is 8. The minimum atomic E-state index is -0.404. The van der Waals surface area contributed by atoms with Gasteiger partial charge in [-0.2, -0.15) is 0 Å². The highest BCUT2D eigenvalue weighted by Gasteiger charge is 2.20. The zero-order valence-corrected chi connectivity index (χ0v) is 25.8. The van der Waals surface area contributed by atoms with Gasteiger partial charge in [0, 0.05) is 48.4 Å². The van der Waals surface area contributed by atoms with Crippen LogP contribution >= 0.6 is 0 Å². The SMILES string of the molecule is CC[C@@H](C)C(=O)Nc1cnc(-c2cc(C(=O)N(C)C)ccc2C)n(Cc2cccc(-n3cc(C)c4cc(F)ccc43)c2)c1=O. The number of hydrogen-bond donors (Lipinski definition) is 1. The lowest BCUT2D eigenvalue weighted by Gasteiger charge is -2.18. The Morgan fingerprint density at radius 3 is 2.52 bits per heavy atom. The van der Waals surface area contributed by atoms with Crippen LogP contribution in [0.1, 0.15) is 47.3 Å². The van der Waals surface area contributed by atoms with Crippen LogP contribution in [0.4, 0.5) is 10.1 Å². The van der Waals surface area contributed by atoms with Gasteiger partial charge in [-0.05, 0) is 79.4 Å². The van der Waals surface area contributed by atoms with Crippen LogP contribution < -0.4 is 10.9 Å². The van der Waals surface area contributed by atoms with E-state index in [1.54, 1.807) is 39.2 Å². The van der Waals surface area contributed by atoms with Crippen molar-refractivity contribution in [3.63, 3.8) is 0 Å². The van der Waals surface area contributed by atoms with Crippen molar-refractivity contribution in [1.29, 1.82) is 0 Å². The fourth-order valence-electron chi connectivity index (χ4n) is 5.20. The van der Waals surface area contributed by atoms with E-state index < -0.39 is 5.56 Å². The molecule has 0 spiro atoms. The predicted molar refractivity (Wildman–Crippen MR) is 172 cm³/mol. The topological polar surface area (TPSA) is 89.2 Å². The van der Waals surface area contributed by atoms with Crippen molar-refractivity contribution in [2.75, 3.05) is 19.4 Å². The summed E-state index contributed by atoms with van der Waals surface area (Å²) in [5.74, 6) is -0.610. The Morgan fingerprint density at radius 1 is 1.02 bits per heavy atom. The van der Waals surface area contributed by atoms with Crippen LogP contribution in [0.25, 0.3) is 28.0 Å². The van der Waals surface area contributed by atoms with Gasteiger partial charge < -0.3 is 14.8 Å². The highest BCUT2D eigenvalue weighted by atomic mass is 19.1. The number of amides is 2. The number of carbonyl (C=O) groups excluding carboxylic acids is 2. The Kier molecular flexibility index (Phi) is 8.49. The van der Waals surface area contributed by atoms with Crippen LogP contribution in [-0.2, 0) is 11.3 Å². The number of nitrogens with zero attached hydrogens (tertiary/aromatic N) is 4. The molecular formula is C35H36FN5O3. The quantitative estimate of drug-likeness (QED) is 0.227. The number of aryl methyl sites for hydroxylation is 2. The van der Waals surface area contributed by atoms with Crippen molar-refractivity contribution >= 4 is 28.4 Å². The van der Waals surface area contributed by atoms with Crippen LogP contribution in [0.3, 0.4) is 0 Å². The fourth-order valence-corrected chi connectivity index (χ4v) is 5.20. The number of nitrogens with one attached hydrogen (secondary N) is 1. The molecule has 2 heterocycles. The zero-order valence-electron chi connectivity index (χ0n) is 25.8. The maximum atomic E-state index is 14.0. The lowest BCUT2D eigenvalue weighted by molar-refractivity contribution is -0.119. The standard InChI is InChI=1S/C35H36FN5O3/c1-7-21(2)33(42)38-30-18-37-32(29-16-25(12-11-22(29)3)34(43)39(5)6)41(35(30)44)20-24-9-8-10-27(15-24)40-19-23(4)28-17-26(36)13-14-31(28)40/h8-19,21H,7,20H2,1-6H3,(H,38,42)/t21-/m1/s1. The molecule has 0 radical (unpaired) electrons. The van der Waals surface area contributed by atoms with Gasteiger partial charge in [-0.25, -0.2) is 9.37 Å². The van der Waals surface area contributed by atoms with E-state index in [-0.39, 0.29) is 35.8 Å². The van der Waals surface area contributed by atoms with E-state index in [0.717, 1.165) is 33.3 Å². The number of benzene rings is 3. The summed E-state index contributed by atoms with van der Waals surface area (Å²) >= 11 is 0. The first-order valence-electron chi connectivity index (χ1n) is 14.6. The molecule has 0 saturated carbocycles. The van der Waals surface area contributed by atoms with Gasteiger partial charge in [-0.15, -0.1) is 0 Å². The summed E-state index contributed by atoms with van der Waals surface area (Å²) < 4.78 is 17.5. The predicted octanol–water partition coefficient (Wildman–Crippen LogP) is 6.34. The van der Waals surface area contributed by atoms with E-state index in [1.807, 2.05) is 61.9 Å². The zero-order chi connectivity index (χ0) is 31.7. The molecule has 0 fully saturated rings. The van der Waals surface area contributed by atoms with Crippen LogP contribution in [0, 0.1) is 25.6 Å². The summed E-state index contributed by atoms with van der Waals surface area (Å²) in [6.45, 7) is 7.71. The minimum absolute atomic E-state index is 0.0856. The summed E-state index contributed by atoms with van der Waals surface area (Å²) in [6.07, 6.45) is 3.98. The first-order chi connectivity index (χ1) is 21.0. The van der Waals surface area contributed by atoms with E-state index in [9.17, 15) is 18.8 Å². The van der Waals surface area contributed by atoms with Gasteiger partial charge in [0.1, 0.15) is 17.3 Å². The lowest BCUT2D eigenvalue weighted by atomic mass is 10.0. The Labute approximate surface area is 255 Å². The molecule has 0 unspecified atom stereocenters. The maximum Gasteiger partial charge on any atom is 0.277 e. The molecule has 0 saturated heterocycles. The minimum Gasteiger partial charge on any atom is -0.345 e.